The molecule has 1 atom stereocenters. The molecule has 0 heterocycles. The lowest BCUT2D eigenvalue weighted by molar-refractivity contribution is 0.224. The largest absolute Gasteiger partial charge is 0.394 e. The molecule has 0 saturated heterocycles. The summed E-state index contributed by atoms with van der Waals surface area (Å²) in [7, 11) is 0. The zero-order valence-electron chi connectivity index (χ0n) is 11.7. The first kappa shape index (κ1) is 16.3. The Labute approximate surface area is 132 Å². The first-order valence-corrected chi connectivity index (χ1v) is 7.13. The molecule has 0 aliphatic heterocycles. The van der Waals surface area contributed by atoms with Crippen molar-refractivity contribution in [2.45, 2.75) is 12.5 Å². The van der Waals surface area contributed by atoms with Gasteiger partial charge in [-0.05, 0) is 30.2 Å². The van der Waals surface area contributed by atoms with E-state index >= 15 is 0 Å². The molecule has 22 heavy (non-hydrogen) atoms. The van der Waals surface area contributed by atoms with Gasteiger partial charge in [-0.2, -0.15) is 0 Å². The van der Waals surface area contributed by atoms with Gasteiger partial charge in [-0.3, -0.25) is 0 Å². The number of rotatable bonds is 5. The average molecular weight is 323 g/mol. The summed E-state index contributed by atoms with van der Waals surface area (Å²) in [5.41, 5.74) is 1.29. The van der Waals surface area contributed by atoms with Crippen LogP contribution in [0.15, 0.2) is 48.5 Å². The van der Waals surface area contributed by atoms with E-state index < -0.39 is 17.9 Å². The van der Waals surface area contributed by atoms with Crippen molar-refractivity contribution in [3.63, 3.8) is 0 Å². The molecule has 2 rings (SSSR count). The highest BCUT2D eigenvalue weighted by Crippen LogP contribution is 2.18. The Kier molecular flexibility index (Phi) is 5.75. The lowest BCUT2D eigenvalue weighted by atomic mass is 10.1. The highest BCUT2D eigenvalue weighted by molar-refractivity contribution is 6.30. The summed E-state index contributed by atoms with van der Waals surface area (Å²) in [6.07, 6.45) is 0.500. The fraction of sp³-hybridized carbons (Fsp3) is 0.188. The number of hydrogen-bond donors (Lipinski definition) is 3. The lowest BCUT2D eigenvalue weighted by Gasteiger charge is -2.17. The lowest BCUT2D eigenvalue weighted by Crippen LogP contribution is -2.41. The summed E-state index contributed by atoms with van der Waals surface area (Å²) in [4.78, 5) is 11.9. The smallest absolute Gasteiger partial charge is 0.319 e. The minimum absolute atomic E-state index is 0.0109. The van der Waals surface area contributed by atoms with E-state index in [4.69, 9.17) is 11.6 Å². The zero-order valence-corrected chi connectivity index (χ0v) is 12.5. The van der Waals surface area contributed by atoms with Gasteiger partial charge in [0.25, 0.3) is 0 Å². The van der Waals surface area contributed by atoms with Crippen molar-refractivity contribution in [1.29, 1.82) is 0 Å². The molecule has 6 heteroatoms. The van der Waals surface area contributed by atoms with E-state index in [0.29, 0.717) is 6.42 Å². The van der Waals surface area contributed by atoms with E-state index in [1.807, 2.05) is 30.3 Å². The van der Waals surface area contributed by atoms with Gasteiger partial charge in [0.1, 0.15) is 5.82 Å². The van der Waals surface area contributed by atoms with Crippen LogP contribution in [0.4, 0.5) is 14.9 Å². The molecule has 3 N–H and O–H groups in total. The third kappa shape index (κ3) is 4.72. The number of amides is 2. The Morgan fingerprint density at radius 2 is 1.95 bits per heavy atom. The SMILES string of the molecule is O=C(Nc1ccc(Cl)c(F)c1)NC(CO)Cc1ccccc1. The summed E-state index contributed by atoms with van der Waals surface area (Å²) in [5.74, 6) is -0.609. The van der Waals surface area contributed by atoms with Gasteiger partial charge in [-0.15, -0.1) is 0 Å². The van der Waals surface area contributed by atoms with Crippen LogP contribution in [0, 0.1) is 5.82 Å². The second-order valence-electron chi connectivity index (χ2n) is 4.80. The third-order valence-electron chi connectivity index (χ3n) is 3.06. The van der Waals surface area contributed by atoms with Crippen molar-refractivity contribution in [2.24, 2.45) is 0 Å². The Morgan fingerprint density at radius 3 is 2.59 bits per heavy atom. The van der Waals surface area contributed by atoms with Crippen molar-refractivity contribution in [1.82, 2.24) is 5.32 Å². The number of nitrogens with one attached hydrogen (secondary N) is 2. The molecule has 0 fully saturated rings. The van der Waals surface area contributed by atoms with Crippen molar-refractivity contribution in [3.05, 3.63) is 64.9 Å². The minimum atomic E-state index is -0.609. The Balaban J connectivity index is 1.93. The number of anilines is 1. The first-order chi connectivity index (χ1) is 10.6. The number of benzene rings is 2. The van der Waals surface area contributed by atoms with Crippen molar-refractivity contribution >= 4 is 23.3 Å². The second-order valence-corrected chi connectivity index (χ2v) is 5.20. The maximum absolute atomic E-state index is 13.3. The molecule has 1 unspecified atom stereocenters. The average Bonchev–Trinajstić information content (AvgIpc) is 2.51. The van der Waals surface area contributed by atoms with Crippen LogP contribution in [0.2, 0.25) is 5.02 Å². The third-order valence-corrected chi connectivity index (χ3v) is 3.36. The topological polar surface area (TPSA) is 61.4 Å². The predicted octanol–water partition coefficient (Wildman–Crippen LogP) is 3.20. The molecule has 0 saturated carbocycles. The fourth-order valence-electron chi connectivity index (χ4n) is 1.99. The molecular weight excluding hydrogens is 307 g/mol. The zero-order chi connectivity index (χ0) is 15.9. The number of carbonyl (C=O) groups is 1. The minimum Gasteiger partial charge on any atom is -0.394 e. The van der Waals surface area contributed by atoms with Gasteiger partial charge in [0.2, 0.25) is 0 Å². The van der Waals surface area contributed by atoms with Crippen molar-refractivity contribution in [3.8, 4) is 0 Å². The molecule has 0 aliphatic rings. The molecule has 2 amide bonds. The molecule has 0 spiro atoms. The van der Waals surface area contributed by atoms with E-state index in [2.05, 4.69) is 10.6 Å². The van der Waals surface area contributed by atoms with Crippen molar-refractivity contribution in [2.75, 3.05) is 11.9 Å². The predicted molar refractivity (Wildman–Crippen MR) is 84.6 cm³/mol. The number of aliphatic hydroxyl groups is 1. The molecule has 0 aromatic heterocycles. The molecular formula is C16H16ClFN2O2. The molecule has 4 nitrogen and oxygen atoms in total. The van der Waals surface area contributed by atoms with E-state index in [1.54, 1.807) is 0 Å². The van der Waals surface area contributed by atoms with Crippen LogP contribution in [-0.4, -0.2) is 23.8 Å². The summed E-state index contributed by atoms with van der Waals surface area (Å²) in [5, 5.41) is 14.5. The molecule has 2 aromatic carbocycles. The Bertz CT molecular complexity index is 637. The van der Waals surface area contributed by atoms with Crippen LogP contribution in [-0.2, 0) is 6.42 Å². The molecule has 0 aliphatic carbocycles. The highest BCUT2D eigenvalue weighted by atomic mass is 35.5. The molecule has 2 aromatic rings. The maximum Gasteiger partial charge on any atom is 0.319 e. The Morgan fingerprint density at radius 1 is 1.23 bits per heavy atom. The van der Waals surface area contributed by atoms with E-state index in [0.717, 1.165) is 11.6 Å². The molecule has 0 radical (unpaired) electrons. The second kappa shape index (κ2) is 7.77. The highest BCUT2D eigenvalue weighted by Gasteiger charge is 2.12. The summed E-state index contributed by atoms with van der Waals surface area (Å²) >= 11 is 5.58. The van der Waals surface area contributed by atoms with Crippen LogP contribution < -0.4 is 10.6 Å². The van der Waals surface area contributed by atoms with Gasteiger partial charge < -0.3 is 15.7 Å². The van der Waals surface area contributed by atoms with Gasteiger partial charge in [-0.25, -0.2) is 9.18 Å². The normalized spacial score (nSPS) is 11.8. The number of aliphatic hydroxyl groups excluding tert-OH is 1. The summed E-state index contributed by atoms with van der Waals surface area (Å²) in [6, 6.07) is 12.5. The number of hydrogen-bond acceptors (Lipinski definition) is 2. The standard InChI is InChI=1S/C16H16ClFN2O2/c17-14-7-6-12(9-15(14)18)19-16(22)20-13(10-21)8-11-4-2-1-3-5-11/h1-7,9,13,21H,8,10H2,(H2,19,20,22). The van der Waals surface area contributed by atoms with Gasteiger partial charge in [-0.1, -0.05) is 41.9 Å². The number of carbonyl (C=O) groups excluding carboxylic acids is 1. The first-order valence-electron chi connectivity index (χ1n) is 6.76. The fourth-order valence-corrected chi connectivity index (χ4v) is 2.10. The van der Waals surface area contributed by atoms with Gasteiger partial charge in [0.15, 0.2) is 0 Å². The van der Waals surface area contributed by atoms with Gasteiger partial charge in [0.05, 0.1) is 17.7 Å². The molecule has 116 valence electrons. The summed E-state index contributed by atoms with van der Waals surface area (Å²) in [6.45, 7) is -0.197. The monoisotopic (exact) mass is 322 g/mol. The maximum atomic E-state index is 13.3. The van der Waals surface area contributed by atoms with Gasteiger partial charge >= 0.3 is 6.03 Å². The van der Waals surface area contributed by atoms with Crippen LogP contribution in [0.3, 0.4) is 0 Å². The summed E-state index contributed by atoms with van der Waals surface area (Å²) < 4.78 is 13.3. The van der Waals surface area contributed by atoms with Crippen LogP contribution >= 0.6 is 11.6 Å². The van der Waals surface area contributed by atoms with E-state index in [-0.39, 0.29) is 17.3 Å². The number of halogens is 2. The van der Waals surface area contributed by atoms with Gasteiger partial charge in [0, 0.05) is 5.69 Å². The number of urea groups is 1. The quantitative estimate of drug-likeness (QED) is 0.791. The van der Waals surface area contributed by atoms with E-state index in [1.165, 1.54) is 12.1 Å². The van der Waals surface area contributed by atoms with Crippen LogP contribution in [0.5, 0.6) is 0 Å². The van der Waals surface area contributed by atoms with Crippen LogP contribution in [0.1, 0.15) is 5.56 Å². The van der Waals surface area contributed by atoms with Crippen LogP contribution in [0.25, 0.3) is 0 Å². The Hall–Kier alpha value is -2.11. The molecule has 0 bridgehead atoms. The van der Waals surface area contributed by atoms with E-state index in [9.17, 15) is 14.3 Å². The van der Waals surface area contributed by atoms with Crippen molar-refractivity contribution < 1.29 is 14.3 Å².